The summed E-state index contributed by atoms with van der Waals surface area (Å²) in [5.74, 6) is 0.930. The van der Waals surface area contributed by atoms with Gasteiger partial charge in [-0.15, -0.1) is 0 Å². The number of carbonyl (C=O) groups excluding carboxylic acids is 1. The normalized spacial score (nSPS) is 10.5. The van der Waals surface area contributed by atoms with Crippen LogP contribution < -0.4 is 14.8 Å². The molecule has 5 nitrogen and oxygen atoms in total. The highest BCUT2D eigenvalue weighted by molar-refractivity contribution is 9.10. The number of nitrogens with one attached hydrogen (secondary N) is 1. The van der Waals surface area contributed by atoms with Crippen molar-refractivity contribution in [2.24, 2.45) is 0 Å². The molecule has 2 aromatic rings. The van der Waals surface area contributed by atoms with Crippen molar-refractivity contribution < 1.29 is 14.3 Å². The molecule has 0 atom stereocenters. The number of hydrogen-bond acceptors (Lipinski definition) is 4. The second-order valence-electron chi connectivity index (χ2n) is 4.30. The van der Waals surface area contributed by atoms with Crippen LogP contribution >= 0.6 is 15.9 Å². The Morgan fingerprint density at radius 2 is 2.05 bits per heavy atom. The summed E-state index contributed by atoms with van der Waals surface area (Å²) in [5, 5.41) is 2.72. The second-order valence-corrected chi connectivity index (χ2v) is 5.21. The smallest absolute Gasteiger partial charge is 0.248 e. The van der Waals surface area contributed by atoms with Gasteiger partial charge in [-0.05, 0) is 30.3 Å². The van der Waals surface area contributed by atoms with Crippen molar-refractivity contribution in [2.75, 3.05) is 19.5 Å². The maximum absolute atomic E-state index is 11.9. The highest BCUT2D eigenvalue weighted by Gasteiger charge is 2.03. The Hall–Kier alpha value is -2.34. The van der Waals surface area contributed by atoms with Crippen LogP contribution in [0.1, 0.15) is 5.56 Å². The van der Waals surface area contributed by atoms with E-state index in [2.05, 4.69) is 26.2 Å². The van der Waals surface area contributed by atoms with Gasteiger partial charge < -0.3 is 14.8 Å². The number of benzene rings is 1. The standard InChI is InChI=1S/C16H15BrN2O3/c1-21-14-6-4-12(17)9-11(14)3-7-15(20)19-13-5-8-16(22-2)18-10-13/h3-10H,1-2H3,(H,19,20)/b7-3+. The van der Waals surface area contributed by atoms with E-state index in [4.69, 9.17) is 9.47 Å². The zero-order valence-electron chi connectivity index (χ0n) is 12.2. The molecule has 0 aliphatic heterocycles. The number of halogens is 1. The first-order valence-corrected chi connectivity index (χ1v) is 7.24. The molecule has 2 rings (SSSR count). The van der Waals surface area contributed by atoms with Crippen LogP contribution in [0.25, 0.3) is 6.08 Å². The van der Waals surface area contributed by atoms with E-state index >= 15 is 0 Å². The van der Waals surface area contributed by atoms with Crippen LogP contribution in [0.2, 0.25) is 0 Å². The quantitative estimate of drug-likeness (QED) is 0.826. The third kappa shape index (κ3) is 4.33. The first-order chi connectivity index (χ1) is 10.6. The van der Waals surface area contributed by atoms with Crippen LogP contribution in [0, 0.1) is 0 Å². The number of nitrogens with zero attached hydrogens (tertiary/aromatic N) is 1. The summed E-state index contributed by atoms with van der Waals surface area (Å²) < 4.78 is 11.1. The zero-order valence-corrected chi connectivity index (χ0v) is 13.8. The maximum Gasteiger partial charge on any atom is 0.248 e. The van der Waals surface area contributed by atoms with Gasteiger partial charge in [-0.3, -0.25) is 4.79 Å². The fourth-order valence-corrected chi connectivity index (χ4v) is 2.14. The molecule has 1 N–H and O–H groups in total. The Bertz CT molecular complexity index is 684. The van der Waals surface area contributed by atoms with E-state index < -0.39 is 0 Å². The van der Waals surface area contributed by atoms with Gasteiger partial charge in [0.1, 0.15) is 5.75 Å². The fraction of sp³-hybridized carbons (Fsp3) is 0.125. The van der Waals surface area contributed by atoms with Crippen molar-refractivity contribution in [3.05, 3.63) is 52.6 Å². The van der Waals surface area contributed by atoms with Gasteiger partial charge >= 0.3 is 0 Å². The van der Waals surface area contributed by atoms with Crippen LogP contribution in [0.15, 0.2) is 47.1 Å². The van der Waals surface area contributed by atoms with E-state index in [9.17, 15) is 4.79 Å². The summed E-state index contributed by atoms with van der Waals surface area (Å²) in [5.41, 5.74) is 1.40. The molecule has 1 aromatic heterocycles. The lowest BCUT2D eigenvalue weighted by atomic mass is 10.2. The van der Waals surface area contributed by atoms with Gasteiger partial charge in [-0.1, -0.05) is 15.9 Å². The molecule has 0 radical (unpaired) electrons. The average Bonchev–Trinajstić information content (AvgIpc) is 2.54. The molecule has 0 aliphatic rings. The van der Waals surface area contributed by atoms with Crippen molar-refractivity contribution in [1.82, 2.24) is 4.98 Å². The van der Waals surface area contributed by atoms with Crippen molar-refractivity contribution in [3.63, 3.8) is 0 Å². The Morgan fingerprint density at radius 1 is 1.23 bits per heavy atom. The lowest BCUT2D eigenvalue weighted by Gasteiger charge is -2.05. The summed E-state index contributed by atoms with van der Waals surface area (Å²) in [4.78, 5) is 15.9. The van der Waals surface area contributed by atoms with Gasteiger partial charge in [-0.2, -0.15) is 0 Å². The van der Waals surface area contributed by atoms with Crippen LogP contribution in [0.5, 0.6) is 11.6 Å². The minimum Gasteiger partial charge on any atom is -0.496 e. The van der Waals surface area contributed by atoms with Gasteiger partial charge in [0, 0.05) is 22.2 Å². The summed E-state index contributed by atoms with van der Waals surface area (Å²) >= 11 is 3.39. The third-order valence-electron chi connectivity index (χ3n) is 2.82. The minimum absolute atomic E-state index is 0.256. The van der Waals surface area contributed by atoms with Crippen molar-refractivity contribution in [2.45, 2.75) is 0 Å². The summed E-state index contributed by atoms with van der Waals surface area (Å²) in [6.45, 7) is 0. The van der Waals surface area contributed by atoms with Gasteiger partial charge in [0.05, 0.1) is 26.1 Å². The van der Waals surface area contributed by atoms with Gasteiger partial charge in [0.15, 0.2) is 0 Å². The predicted octanol–water partition coefficient (Wildman–Crippen LogP) is 3.51. The van der Waals surface area contributed by atoms with E-state index in [-0.39, 0.29) is 5.91 Å². The van der Waals surface area contributed by atoms with E-state index in [0.717, 1.165) is 10.0 Å². The van der Waals surface area contributed by atoms with Crippen LogP contribution in [-0.2, 0) is 4.79 Å². The Kier molecular flexibility index (Phi) is 5.55. The lowest BCUT2D eigenvalue weighted by Crippen LogP contribution is -2.08. The number of aromatic nitrogens is 1. The van der Waals surface area contributed by atoms with Crippen molar-refractivity contribution in [3.8, 4) is 11.6 Å². The number of pyridine rings is 1. The Balaban J connectivity index is 2.06. The average molecular weight is 363 g/mol. The highest BCUT2D eigenvalue weighted by atomic mass is 79.9. The number of methoxy groups -OCH3 is 2. The van der Waals surface area contributed by atoms with Gasteiger partial charge in [0.2, 0.25) is 11.8 Å². The SMILES string of the molecule is COc1ccc(NC(=O)/C=C/c2cc(Br)ccc2OC)cn1. The summed E-state index contributed by atoms with van der Waals surface area (Å²) in [7, 11) is 3.12. The largest absolute Gasteiger partial charge is 0.496 e. The molecule has 0 spiro atoms. The van der Waals surface area contributed by atoms with E-state index in [1.807, 2.05) is 18.2 Å². The summed E-state index contributed by atoms with van der Waals surface area (Å²) in [6, 6.07) is 8.97. The molecular weight excluding hydrogens is 348 g/mol. The molecule has 1 heterocycles. The van der Waals surface area contributed by atoms with E-state index in [1.54, 1.807) is 25.3 Å². The number of anilines is 1. The number of ether oxygens (including phenoxy) is 2. The van der Waals surface area contributed by atoms with Gasteiger partial charge in [-0.25, -0.2) is 4.98 Å². The highest BCUT2D eigenvalue weighted by Crippen LogP contribution is 2.24. The molecule has 1 aromatic carbocycles. The molecule has 0 aliphatic carbocycles. The first-order valence-electron chi connectivity index (χ1n) is 6.45. The Morgan fingerprint density at radius 3 is 2.68 bits per heavy atom. The second kappa shape index (κ2) is 7.61. The van der Waals surface area contributed by atoms with E-state index in [1.165, 1.54) is 19.4 Å². The molecule has 1 amide bonds. The number of amides is 1. The van der Waals surface area contributed by atoms with E-state index in [0.29, 0.717) is 17.3 Å². The first kappa shape index (κ1) is 16.0. The molecular formula is C16H15BrN2O3. The minimum atomic E-state index is -0.256. The predicted molar refractivity (Wildman–Crippen MR) is 89.1 cm³/mol. The fourth-order valence-electron chi connectivity index (χ4n) is 1.76. The van der Waals surface area contributed by atoms with Gasteiger partial charge in [0.25, 0.3) is 0 Å². The molecule has 22 heavy (non-hydrogen) atoms. The molecule has 6 heteroatoms. The number of carbonyl (C=O) groups is 1. The van der Waals surface area contributed by atoms with Crippen molar-refractivity contribution >= 4 is 33.6 Å². The number of hydrogen-bond donors (Lipinski definition) is 1. The zero-order chi connectivity index (χ0) is 15.9. The van der Waals surface area contributed by atoms with Crippen molar-refractivity contribution in [1.29, 1.82) is 0 Å². The topological polar surface area (TPSA) is 60.5 Å². The maximum atomic E-state index is 11.9. The lowest BCUT2D eigenvalue weighted by molar-refractivity contribution is -0.111. The monoisotopic (exact) mass is 362 g/mol. The molecule has 0 unspecified atom stereocenters. The van der Waals surface area contributed by atoms with Crippen LogP contribution in [-0.4, -0.2) is 25.1 Å². The molecule has 0 saturated heterocycles. The molecule has 0 bridgehead atoms. The molecule has 0 fully saturated rings. The summed E-state index contributed by atoms with van der Waals surface area (Å²) in [6.07, 6.45) is 4.66. The number of rotatable bonds is 5. The van der Waals surface area contributed by atoms with Crippen LogP contribution in [0.4, 0.5) is 5.69 Å². The third-order valence-corrected chi connectivity index (χ3v) is 3.31. The molecule has 114 valence electrons. The van der Waals surface area contributed by atoms with Crippen LogP contribution in [0.3, 0.4) is 0 Å². The molecule has 0 saturated carbocycles. The Labute approximate surface area is 137 Å².